The first-order valence-corrected chi connectivity index (χ1v) is 11.3. The van der Waals surface area contributed by atoms with Crippen molar-refractivity contribution in [1.29, 1.82) is 0 Å². The molecular weight excluding hydrogens is 499 g/mol. The van der Waals surface area contributed by atoms with E-state index in [9.17, 15) is 18.0 Å². The van der Waals surface area contributed by atoms with E-state index >= 15 is 0 Å². The molecule has 0 saturated heterocycles. The smallest absolute Gasteiger partial charge is 0.415 e. The van der Waals surface area contributed by atoms with Crippen LogP contribution in [0.25, 0.3) is 56.1 Å². The molecule has 3 heterocycles. The number of halogens is 3. The second-order valence-corrected chi connectivity index (χ2v) is 8.46. The van der Waals surface area contributed by atoms with Crippen molar-refractivity contribution in [2.45, 2.75) is 6.18 Å². The Morgan fingerprint density at radius 2 is 1.55 bits per heavy atom. The molecule has 0 fully saturated rings. The van der Waals surface area contributed by atoms with Gasteiger partial charge in [0.05, 0.1) is 16.8 Å². The van der Waals surface area contributed by atoms with Crippen LogP contribution in [0, 0.1) is 0 Å². The number of alkyl halides is 3. The first kappa shape index (κ1) is 23.4. The minimum atomic E-state index is -4.45. The Balaban J connectivity index is 1.47. The largest absolute Gasteiger partial charge is 0.416 e. The van der Waals surface area contributed by atoms with Gasteiger partial charge in [-0.15, -0.1) is 10.2 Å². The van der Waals surface area contributed by atoms with Crippen LogP contribution in [0.4, 0.5) is 13.2 Å². The molecule has 0 radical (unpaired) electrons. The summed E-state index contributed by atoms with van der Waals surface area (Å²) in [5.41, 5.74) is 4.34. The summed E-state index contributed by atoms with van der Waals surface area (Å²) in [4.78, 5) is 19.6. The van der Waals surface area contributed by atoms with Crippen LogP contribution in [0.1, 0.15) is 15.9 Å². The Morgan fingerprint density at radius 1 is 0.868 bits per heavy atom. The molecule has 3 aromatic carbocycles. The van der Waals surface area contributed by atoms with Crippen LogP contribution in [-0.4, -0.2) is 31.3 Å². The lowest BCUT2D eigenvalue weighted by atomic mass is 10.0. The molecule has 0 aliphatic heterocycles. The number of carbonyl (C=O) groups is 1. The number of para-hydroxylation sites is 1. The number of hydrogen-bond donors (Lipinski definition) is 3. The third kappa shape index (κ3) is 4.04. The van der Waals surface area contributed by atoms with Crippen molar-refractivity contribution in [3.63, 3.8) is 0 Å². The van der Waals surface area contributed by atoms with Crippen LogP contribution in [-0.2, 0) is 6.18 Å². The van der Waals surface area contributed by atoms with E-state index in [4.69, 9.17) is 14.6 Å². The Kier molecular flexibility index (Phi) is 5.42. The van der Waals surface area contributed by atoms with E-state index in [1.165, 1.54) is 24.3 Å². The molecule has 0 bridgehead atoms. The first-order valence-electron chi connectivity index (χ1n) is 11.3. The van der Waals surface area contributed by atoms with Crippen molar-refractivity contribution in [2.75, 3.05) is 0 Å². The van der Waals surface area contributed by atoms with Crippen LogP contribution in [0.2, 0.25) is 0 Å². The van der Waals surface area contributed by atoms with Crippen molar-refractivity contribution in [1.82, 2.24) is 25.6 Å². The Hall–Kier alpha value is -5.03. The lowest BCUT2D eigenvalue weighted by molar-refractivity contribution is -0.137. The van der Waals surface area contributed by atoms with Gasteiger partial charge in [-0.3, -0.25) is 10.0 Å². The molecule has 1 amide bonds. The molecule has 11 heteroatoms. The molecule has 6 aromatic rings. The molecule has 0 spiro atoms. The van der Waals surface area contributed by atoms with Crippen LogP contribution < -0.4 is 5.48 Å². The average molecular weight is 515 g/mol. The van der Waals surface area contributed by atoms with Crippen molar-refractivity contribution in [2.24, 2.45) is 0 Å². The number of aromatic nitrogens is 4. The third-order valence-electron chi connectivity index (χ3n) is 6.12. The van der Waals surface area contributed by atoms with E-state index in [-0.39, 0.29) is 17.3 Å². The minimum absolute atomic E-state index is 0.109. The molecule has 0 atom stereocenters. The van der Waals surface area contributed by atoms with Gasteiger partial charge in [0.1, 0.15) is 5.69 Å². The van der Waals surface area contributed by atoms with Crippen molar-refractivity contribution in [3.05, 3.63) is 90.0 Å². The van der Waals surface area contributed by atoms with Gasteiger partial charge in [0.25, 0.3) is 11.8 Å². The first-order chi connectivity index (χ1) is 18.3. The second kappa shape index (κ2) is 8.82. The van der Waals surface area contributed by atoms with Gasteiger partial charge in [-0.05, 0) is 48.5 Å². The van der Waals surface area contributed by atoms with Gasteiger partial charge in [-0.1, -0.05) is 30.3 Å². The third-order valence-corrected chi connectivity index (χ3v) is 6.12. The number of fused-ring (bicyclic) bond motifs is 3. The molecule has 0 aliphatic rings. The van der Waals surface area contributed by atoms with E-state index in [1.807, 2.05) is 24.3 Å². The number of aromatic amines is 1. The van der Waals surface area contributed by atoms with Gasteiger partial charge in [0, 0.05) is 33.0 Å². The quantitative estimate of drug-likeness (QED) is 0.189. The van der Waals surface area contributed by atoms with Gasteiger partial charge in [0.15, 0.2) is 0 Å². The molecule has 38 heavy (non-hydrogen) atoms. The topological polar surface area (TPSA) is 117 Å². The molecule has 0 aliphatic carbocycles. The molecule has 3 aromatic heterocycles. The van der Waals surface area contributed by atoms with Gasteiger partial charge >= 0.3 is 6.18 Å². The van der Waals surface area contributed by atoms with Gasteiger partial charge in [-0.25, -0.2) is 10.5 Å². The maximum atomic E-state index is 13.1. The molecule has 0 saturated carbocycles. The van der Waals surface area contributed by atoms with E-state index < -0.39 is 17.6 Å². The SMILES string of the molecule is O=C(NO)c1ccc(-c2nnc(-c3cc4c([nH]c5ccccc54)c(-c4ccc(C(F)(F)F)cc4)n3)o2)cc1. The number of H-pyrrole nitrogens is 1. The summed E-state index contributed by atoms with van der Waals surface area (Å²) in [5, 5.41) is 18.7. The van der Waals surface area contributed by atoms with Crippen LogP contribution in [0.5, 0.6) is 0 Å². The van der Waals surface area contributed by atoms with Crippen molar-refractivity contribution >= 4 is 27.7 Å². The Labute approximate surface area is 211 Å². The van der Waals surface area contributed by atoms with E-state index in [0.29, 0.717) is 28.0 Å². The zero-order chi connectivity index (χ0) is 26.4. The molecule has 8 nitrogen and oxygen atoms in total. The summed E-state index contributed by atoms with van der Waals surface area (Å²) < 4.78 is 45.3. The number of hydroxylamine groups is 1. The lowest BCUT2D eigenvalue weighted by Crippen LogP contribution is -2.18. The summed E-state index contributed by atoms with van der Waals surface area (Å²) in [5.74, 6) is -0.375. The summed E-state index contributed by atoms with van der Waals surface area (Å²) in [6, 6.07) is 20.3. The predicted octanol–water partition coefficient (Wildman–Crippen LogP) is 6.24. The number of pyridine rings is 1. The van der Waals surface area contributed by atoms with Gasteiger partial charge < -0.3 is 9.40 Å². The number of nitrogens with one attached hydrogen (secondary N) is 2. The van der Waals surface area contributed by atoms with Crippen LogP contribution in [0.15, 0.2) is 83.3 Å². The number of nitrogens with zero attached hydrogens (tertiary/aromatic N) is 3. The molecule has 0 unspecified atom stereocenters. The standard InChI is InChI=1S/C27H16F3N5O3/c28-27(29,30)17-11-9-14(10-12-17)22-23-19(18-3-1-2-4-20(18)31-23)13-21(32-22)26-34-33-25(38-26)16-7-5-15(6-8-16)24(36)35-37/h1-13,31,37H,(H,35,36). The summed E-state index contributed by atoms with van der Waals surface area (Å²) in [6.07, 6.45) is -4.45. The predicted molar refractivity (Wildman–Crippen MR) is 132 cm³/mol. The summed E-state index contributed by atoms with van der Waals surface area (Å²) >= 11 is 0. The summed E-state index contributed by atoms with van der Waals surface area (Å²) in [7, 11) is 0. The number of hydrogen-bond acceptors (Lipinski definition) is 6. The number of benzene rings is 3. The number of amides is 1. The van der Waals surface area contributed by atoms with Crippen molar-refractivity contribution in [3.8, 4) is 34.3 Å². The highest BCUT2D eigenvalue weighted by atomic mass is 19.4. The fourth-order valence-electron chi connectivity index (χ4n) is 4.25. The van der Waals surface area contributed by atoms with E-state index in [2.05, 4.69) is 15.2 Å². The maximum absolute atomic E-state index is 13.1. The van der Waals surface area contributed by atoms with Crippen LogP contribution >= 0.6 is 0 Å². The molecular formula is C27H16F3N5O3. The Bertz CT molecular complexity index is 1810. The zero-order valence-electron chi connectivity index (χ0n) is 19.2. The van der Waals surface area contributed by atoms with E-state index in [0.717, 1.165) is 28.4 Å². The zero-order valence-corrected chi connectivity index (χ0v) is 19.2. The minimum Gasteiger partial charge on any atom is -0.415 e. The van der Waals surface area contributed by atoms with E-state index in [1.54, 1.807) is 23.7 Å². The fourth-order valence-corrected chi connectivity index (χ4v) is 4.25. The number of carbonyl (C=O) groups excluding carboxylic acids is 1. The Morgan fingerprint density at radius 3 is 2.26 bits per heavy atom. The summed E-state index contributed by atoms with van der Waals surface area (Å²) in [6.45, 7) is 0. The van der Waals surface area contributed by atoms with Crippen molar-refractivity contribution < 1.29 is 27.6 Å². The molecule has 3 N–H and O–H groups in total. The highest BCUT2D eigenvalue weighted by Gasteiger charge is 2.30. The molecule has 6 rings (SSSR count). The van der Waals surface area contributed by atoms with Gasteiger partial charge in [0.2, 0.25) is 5.89 Å². The normalized spacial score (nSPS) is 11.8. The highest BCUT2D eigenvalue weighted by Crippen LogP contribution is 2.37. The van der Waals surface area contributed by atoms with Gasteiger partial charge in [-0.2, -0.15) is 13.2 Å². The highest BCUT2D eigenvalue weighted by molar-refractivity contribution is 6.12. The lowest BCUT2D eigenvalue weighted by Gasteiger charge is -2.09. The maximum Gasteiger partial charge on any atom is 0.416 e. The monoisotopic (exact) mass is 515 g/mol. The second-order valence-electron chi connectivity index (χ2n) is 8.46. The van der Waals surface area contributed by atoms with Crippen LogP contribution in [0.3, 0.4) is 0 Å². The average Bonchev–Trinajstić information content (AvgIpc) is 3.57. The fraction of sp³-hybridized carbons (Fsp3) is 0.0370. The number of rotatable bonds is 4. The molecule has 188 valence electrons.